The van der Waals surface area contributed by atoms with Gasteiger partial charge in [0.05, 0.1) is 9.82 Å². The molecule has 0 saturated heterocycles. The van der Waals surface area contributed by atoms with Crippen LogP contribution in [0.4, 0.5) is 11.4 Å². The number of nitrogens with one attached hydrogen (secondary N) is 2. The summed E-state index contributed by atoms with van der Waals surface area (Å²) in [5, 5.41) is 14.5. The lowest BCUT2D eigenvalue weighted by Crippen LogP contribution is -2.20. The monoisotopic (exact) mass is 327 g/mol. The second-order valence-corrected chi connectivity index (χ2v) is 7.36. The molecular weight excluding hydrogens is 306 g/mol. The van der Waals surface area contributed by atoms with Crippen LogP contribution in [-0.2, 0) is 10.0 Å². The number of anilines is 1. The number of nitro benzene ring substituents is 1. The van der Waals surface area contributed by atoms with Crippen LogP contribution in [0.3, 0.4) is 0 Å². The van der Waals surface area contributed by atoms with E-state index in [1.807, 2.05) is 0 Å². The highest BCUT2D eigenvalue weighted by Gasteiger charge is 2.22. The van der Waals surface area contributed by atoms with Crippen molar-refractivity contribution in [3.63, 3.8) is 0 Å². The predicted molar refractivity (Wildman–Crippen MR) is 84.5 cm³/mol. The van der Waals surface area contributed by atoms with Crippen LogP contribution in [-0.4, -0.2) is 26.4 Å². The molecule has 1 saturated carbocycles. The molecule has 1 fully saturated rings. The lowest BCUT2D eigenvalue weighted by atomic mass is 10.1. The first-order chi connectivity index (χ1) is 10.4. The summed E-state index contributed by atoms with van der Waals surface area (Å²) in [6, 6.07) is 4.17. The van der Waals surface area contributed by atoms with Crippen molar-refractivity contribution >= 4 is 21.4 Å². The molecule has 1 aliphatic rings. The lowest BCUT2D eigenvalue weighted by Gasteiger charge is -2.18. The Morgan fingerprint density at radius 1 is 1.18 bits per heavy atom. The van der Waals surface area contributed by atoms with Crippen LogP contribution in [0.2, 0.25) is 0 Å². The van der Waals surface area contributed by atoms with Crippen LogP contribution in [0, 0.1) is 10.1 Å². The van der Waals surface area contributed by atoms with E-state index in [4.69, 9.17) is 0 Å². The Kier molecular flexibility index (Phi) is 5.36. The molecule has 1 aromatic carbocycles. The standard InChI is InChI=1S/C14H21N3O4S/c1-15-22(20,21)12-8-9-13(14(10-12)17(18)19)16-11-6-4-2-3-5-7-11/h8-11,15-16H,2-7H2,1H3. The summed E-state index contributed by atoms with van der Waals surface area (Å²) in [5.41, 5.74) is 0.174. The molecule has 2 rings (SSSR count). The molecule has 0 bridgehead atoms. The van der Waals surface area contributed by atoms with Gasteiger partial charge >= 0.3 is 0 Å². The Bertz CT molecular complexity index is 637. The van der Waals surface area contributed by atoms with Gasteiger partial charge in [-0.2, -0.15) is 0 Å². The SMILES string of the molecule is CNS(=O)(=O)c1ccc(NC2CCCCCC2)c([N+](=O)[O-])c1. The average Bonchev–Trinajstić information content (AvgIpc) is 2.76. The third-order valence-electron chi connectivity index (χ3n) is 3.96. The van der Waals surface area contributed by atoms with Crippen molar-refractivity contribution in [2.45, 2.75) is 49.5 Å². The fourth-order valence-electron chi connectivity index (χ4n) is 2.71. The first kappa shape index (κ1) is 16.7. The van der Waals surface area contributed by atoms with Gasteiger partial charge in [-0.1, -0.05) is 25.7 Å². The van der Waals surface area contributed by atoms with Gasteiger partial charge in [-0.15, -0.1) is 0 Å². The van der Waals surface area contributed by atoms with E-state index in [1.165, 1.54) is 32.0 Å². The van der Waals surface area contributed by atoms with Gasteiger partial charge in [-0.3, -0.25) is 10.1 Å². The maximum atomic E-state index is 11.8. The lowest BCUT2D eigenvalue weighted by molar-refractivity contribution is -0.384. The Morgan fingerprint density at radius 2 is 1.82 bits per heavy atom. The van der Waals surface area contributed by atoms with Crippen LogP contribution < -0.4 is 10.0 Å². The normalized spacial score (nSPS) is 17.0. The number of rotatable bonds is 5. The van der Waals surface area contributed by atoms with Gasteiger partial charge in [-0.25, -0.2) is 13.1 Å². The molecule has 2 N–H and O–H groups in total. The van der Waals surface area contributed by atoms with Crippen LogP contribution in [0.5, 0.6) is 0 Å². The quantitative estimate of drug-likeness (QED) is 0.492. The van der Waals surface area contributed by atoms with Crippen molar-refractivity contribution in [1.29, 1.82) is 0 Å². The molecular formula is C14H21N3O4S. The molecule has 0 aromatic heterocycles. The van der Waals surface area contributed by atoms with Crippen molar-refractivity contribution in [1.82, 2.24) is 4.72 Å². The van der Waals surface area contributed by atoms with Gasteiger partial charge in [0.2, 0.25) is 10.0 Å². The highest BCUT2D eigenvalue weighted by atomic mass is 32.2. The fraction of sp³-hybridized carbons (Fsp3) is 0.571. The Morgan fingerprint density at radius 3 is 2.36 bits per heavy atom. The molecule has 0 radical (unpaired) electrons. The second-order valence-electron chi connectivity index (χ2n) is 5.48. The molecule has 0 atom stereocenters. The zero-order chi connectivity index (χ0) is 16.2. The summed E-state index contributed by atoms with van der Waals surface area (Å²) in [4.78, 5) is 10.6. The maximum absolute atomic E-state index is 11.8. The molecule has 1 aliphatic carbocycles. The third kappa shape index (κ3) is 3.95. The zero-order valence-corrected chi connectivity index (χ0v) is 13.4. The summed E-state index contributed by atoms with van der Waals surface area (Å²) in [6.07, 6.45) is 6.57. The molecule has 0 amide bonds. The fourth-order valence-corrected chi connectivity index (χ4v) is 3.46. The van der Waals surface area contributed by atoms with E-state index >= 15 is 0 Å². The minimum absolute atomic E-state index is 0.104. The van der Waals surface area contributed by atoms with E-state index in [2.05, 4.69) is 10.0 Å². The van der Waals surface area contributed by atoms with Crippen molar-refractivity contribution in [3.05, 3.63) is 28.3 Å². The Hall–Kier alpha value is -1.67. The van der Waals surface area contributed by atoms with E-state index in [9.17, 15) is 18.5 Å². The smallest absolute Gasteiger partial charge is 0.293 e. The average molecular weight is 327 g/mol. The number of nitrogens with zero attached hydrogens (tertiary/aromatic N) is 1. The van der Waals surface area contributed by atoms with Gasteiger partial charge in [0.15, 0.2) is 0 Å². The van der Waals surface area contributed by atoms with Crippen LogP contribution in [0.1, 0.15) is 38.5 Å². The van der Waals surface area contributed by atoms with E-state index in [0.29, 0.717) is 5.69 Å². The molecule has 1 aromatic rings. The summed E-state index contributed by atoms with van der Waals surface area (Å²) in [6.45, 7) is 0. The summed E-state index contributed by atoms with van der Waals surface area (Å²) in [7, 11) is -2.42. The molecule has 0 unspecified atom stereocenters. The highest BCUT2D eigenvalue weighted by Crippen LogP contribution is 2.30. The summed E-state index contributed by atoms with van der Waals surface area (Å²) in [5.74, 6) is 0. The van der Waals surface area contributed by atoms with Gasteiger partial charge in [-0.05, 0) is 32.0 Å². The summed E-state index contributed by atoms with van der Waals surface area (Å²) >= 11 is 0. The second kappa shape index (κ2) is 7.06. The minimum atomic E-state index is -3.69. The van der Waals surface area contributed by atoms with E-state index < -0.39 is 14.9 Å². The molecule has 22 heavy (non-hydrogen) atoms. The van der Waals surface area contributed by atoms with Gasteiger partial charge in [0, 0.05) is 12.1 Å². The number of sulfonamides is 1. The molecule has 0 aliphatic heterocycles. The van der Waals surface area contributed by atoms with Crippen molar-refractivity contribution in [2.75, 3.05) is 12.4 Å². The Labute approximate surface area is 130 Å². The first-order valence-electron chi connectivity index (χ1n) is 7.42. The van der Waals surface area contributed by atoms with Gasteiger partial charge in [0.1, 0.15) is 5.69 Å². The molecule has 122 valence electrons. The maximum Gasteiger partial charge on any atom is 0.293 e. The van der Waals surface area contributed by atoms with E-state index in [-0.39, 0.29) is 16.6 Å². The first-order valence-corrected chi connectivity index (χ1v) is 8.91. The van der Waals surface area contributed by atoms with Gasteiger partial charge < -0.3 is 5.32 Å². The van der Waals surface area contributed by atoms with Crippen LogP contribution in [0.15, 0.2) is 23.1 Å². The van der Waals surface area contributed by atoms with Gasteiger partial charge in [0.25, 0.3) is 5.69 Å². The zero-order valence-electron chi connectivity index (χ0n) is 12.5. The molecule has 0 heterocycles. The van der Waals surface area contributed by atoms with Crippen LogP contribution in [0.25, 0.3) is 0 Å². The van der Waals surface area contributed by atoms with Crippen LogP contribution >= 0.6 is 0 Å². The number of benzene rings is 1. The minimum Gasteiger partial charge on any atom is -0.377 e. The highest BCUT2D eigenvalue weighted by molar-refractivity contribution is 7.89. The molecule has 0 spiro atoms. The molecule has 8 heteroatoms. The van der Waals surface area contributed by atoms with E-state index in [0.717, 1.165) is 31.7 Å². The number of nitro groups is 1. The molecule has 7 nitrogen and oxygen atoms in total. The summed E-state index contributed by atoms with van der Waals surface area (Å²) < 4.78 is 25.7. The van der Waals surface area contributed by atoms with Crippen molar-refractivity contribution in [3.8, 4) is 0 Å². The number of hydrogen-bond acceptors (Lipinski definition) is 5. The largest absolute Gasteiger partial charge is 0.377 e. The predicted octanol–water partition coefficient (Wildman–Crippen LogP) is 2.64. The third-order valence-corrected chi connectivity index (χ3v) is 5.37. The van der Waals surface area contributed by atoms with Crippen molar-refractivity contribution in [2.24, 2.45) is 0 Å². The van der Waals surface area contributed by atoms with Crippen molar-refractivity contribution < 1.29 is 13.3 Å². The topological polar surface area (TPSA) is 101 Å². The number of hydrogen-bond donors (Lipinski definition) is 2. The Balaban J connectivity index is 2.29. The van der Waals surface area contributed by atoms with E-state index in [1.54, 1.807) is 0 Å².